The fraction of sp³-hybridized carbons (Fsp3) is 0.167. The summed E-state index contributed by atoms with van der Waals surface area (Å²) in [4.78, 5) is 9.46. The molecule has 7 heteroatoms. The maximum atomic E-state index is 9.19. The van der Waals surface area contributed by atoms with E-state index in [4.69, 9.17) is 31.0 Å². The summed E-state index contributed by atoms with van der Waals surface area (Å²) < 4.78 is 12.5. The average molecular weight is 353 g/mol. The summed E-state index contributed by atoms with van der Waals surface area (Å²) in [6.45, 7) is 0.176. The Kier molecular flexibility index (Phi) is 3.59. The second-order valence-electron chi connectivity index (χ2n) is 5.50. The lowest BCUT2D eigenvalue weighted by molar-refractivity contribution is 0.355. The molecule has 0 amide bonds. The van der Waals surface area contributed by atoms with Gasteiger partial charge in [-0.25, -0.2) is 9.97 Å². The standard InChI is InChI=1S/C18H13ClN4O2/c1-24-15-8-12-13(9-16(15)25-2)22-18-17(21-12)11-7-10(19)3-4-14(11)23(18)6-5-20/h3-4,7-9H,6H2,1-2H3. The van der Waals surface area contributed by atoms with Crippen molar-refractivity contribution >= 4 is 44.7 Å². The zero-order valence-corrected chi connectivity index (χ0v) is 14.3. The molecule has 0 spiro atoms. The molecule has 0 aliphatic rings. The maximum absolute atomic E-state index is 9.19. The molecule has 0 N–H and O–H groups in total. The van der Waals surface area contributed by atoms with Crippen LogP contribution in [0, 0.1) is 11.3 Å². The van der Waals surface area contributed by atoms with Gasteiger partial charge in [-0.2, -0.15) is 5.26 Å². The highest BCUT2D eigenvalue weighted by molar-refractivity contribution is 6.31. The van der Waals surface area contributed by atoms with Crippen molar-refractivity contribution < 1.29 is 9.47 Å². The lowest BCUT2D eigenvalue weighted by atomic mass is 10.2. The number of hydrogen-bond donors (Lipinski definition) is 0. The number of nitriles is 1. The van der Waals surface area contributed by atoms with Crippen LogP contribution < -0.4 is 9.47 Å². The van der Waals surface area contributed by atoms with Gasteiger partial charge in [-0.15, -0.1) is 0 Å². The SMILES string of the molecule is COc1cc2nc3c4cc(Cl)ccc4n(CC#N)c3nc2cc1OC. The molecule has 2 aromatic carbocycles. The van der Waals surface area contributed by atoms with Crippen LogP contribution in [0.4, 0.5) is 0 Å². The molecule has 0 saturated carbocycles. The molecule has 2 aromatic heterocycles. The zero-order chi connectivity index (χ0) is 17.6. The van der Waals surface area contributed by atoms with Gasteiger partial charge < -0.3 is 14.0 Å². The van der Waals surface area contributed by atoms with Crippen molar-refractivity contribution in [3.63, 3.8) is 0 Å². The smallest absolute Gasteiger partial charge is 0.163 e. The third-order valence-electron chi connectivity index (χ3n) is 4.14. The predicted octanol–water partition coefficient (Wildman–Crippen LogP) is 3.93. The van der Waals surface area contributed by atoms with Gasteiger partial charge in [-0.05, 0) is 18.2 Å². The van der Waals surface area contributed by atoms with Crippen molar-refractivity contribution in [1.82, 2.24) is 14.5 Å². The molecule has 0 atom stereocenters. The maximum Gasteiger partial charge on any atom is 0.163 e. The fourth-order valence-electron chi connectivity index (χ4n) is 3.02. The first-order valence-corrected chi connectivity index (χ1v) is 7.92. The number of hydrogen-bond acceptors (Lipinski definition) is 5. The molecule has 0 saturated heterocycles. The highest BCUT2D eigenvalue weighted by Gasteiger charge is 2.16. The van der Waals surface area contributed by atoms with E-state index < -0.39 is 0 Å². The third-order valence-corrected chi connectivity index (χ3v) is 4.38. The fourth-order valence-corrected chi connectivity index (χ4v) is 3.19. The summed E-state index contributed by atoms with van der Waals surface area (Å²) >= 11 is 6.15. The lowest BCUT2D eigenvalue weighted by Gasteiger charge is -2.08. The Morgan fingerprint density at radius 1 is 1.08 bits per heavy atom. The molecule has 0 unspecified atom stereocenters. The van der Waals surface area contributed by atoms with Crippen LogP contribution in [0.15, 0.2) is 30.3 Å². The van der Waals surface area contributed by atoms with Gasteiger partial charge >= 0.3 is 0 Å². The summed E-state index contributed by atoms with van der Waals surface area (Å²) in [7, 11) is 3.15. The van der Waals surface area contributed by atoms with Crippen LogP contribution >= 0.6 is 11.6 Å². The van der Waals surface area contributed by atoms with Crippen LogP contribution in [-0.4, -0.2) is 28.8 Å². The molecule has 0 aliphatic carbocycles. The molecule has 0 radical (unpaired) electrons. The Morgan fingerprint density at radius 3 is 2.40 bits per heavy atom. The molecule has 4 rings (SSSR count). The second-order valence-corrected chi connectivity index (χ2v) is 5.93. The van der Waals surface area contributed by atoms with Gasteiger partial charge in [-0.3, -0.25) is 0 Å². The number of halogens is 1. The molecule has 25 heavy (non-hydrogen) atoms. The quantitative estimate of drug-likeness (QED) is 0.558. The number of ether oxygens (including phenoxy) is 2. The van der Waals surface area contributed by atoms with E-state index in [1.165, 1.54) is 0 Å². The summed E-state index contributed by atoms with van der Waals surface area (Å²) in [6.07, 6.45) is 0. The van der Waals surface area contributed by atoms with E-state index in [-0.39, 0.29) is 6.54 Å². The van der Waals surface area contributed by atoms with E-state index in [1.54, 1.807) is 32.4 Å². The highest BCUT2D eigenvalue weighted by atomic mass is 35.5. The molecule has 2 heterocycles. The van der Waals surface area contributed by atoms with Crippen LogP contribution in [0.25, 0.3) is 33.1 Å². The van der Waals surface area contributed by atoms with Gasteiger partial charge in [0.05, 0.1) is 36.8 Å². The Morgan fingerprint density at radius 2 is 1.76 bits per heavy atom. The largest absolute Gasteiger partial charge is 0.493 e. The molecule has 0 aliphatic heterocycles. The van der Waals surface area contributed by atoms with Crippen LogP contribution in [0.1, 0.15) is 0 Å². The van der Waals surface area contributed by atoms with Crippen LogP contribution in [-0.2, 0) is 6.54 Å². The van der Waals surface area contributed by atoms with Gasteiger partial charge in [0, 0.05) is 22.5 Å². The van der Waals surface area contributed by atoms with Gasteiger partial charge in [0.15, 0.2) is 17.1 Å². The molecular weight excluding hydrogens is 340 g/mol. The first kappa shape index (κ1) is 15.5. The van der Waals surface area contributed by atoms with E-state index in [9.17, 15) is 5.26 Å². The van der Waals surface area contributed by atoms with Gasteiger partial charge in [0.2, 0.25) is 0 Å². The first-order chi connectivity index (χ1) is 12.2. The van der Waals surface area contributed by atoms with E-state index in [0.29, 0.717) is 38.7 Å². The molecule has 0 fully saturated rings. The number of nitrogens with zero attached hydrogens (tertiary/aromatic N) is 4. The van der Waals surface area contributed by atoms with Crippen LogP contribution in [0.5, 0.6) is 11.5 Å². The van der Waals surface area contributed by atoms with E-state index in [1.807, 2.05) is 16.7 Å². The van der Waals surface area contributed by atoms with Gasteiger partial charge in [-0.1, -0.05) is 11.6 Å². The van der Waals surface area contributed by atoms with Gasteiger partial charge in [0.1, 0.15) is 12.1 Å². The summed E-state index contributed by atoms with van der Waals surface area (Å²) in [5, 5.41) is 10.7. The van der Waals surface area contributed by atoms with Crippen molar-refractivity contribution in [1.29, 1.82) is 5.26 Å². The molecule has 4 aromatic rings. The van der Waals surface area contributed by atoms with Crippen molar-refractivity contribution in [2.24, 2.45) is 0 Å². The minimum Gasteiger partial charge on any atom is -0.493 e. The molecular formula is C18H13ClN4O2. The normalized spacial score (nSPS) is 11.1. The van der Waals surface area contributed by atoms with Crippen molar-refractivity contribution in [3.05, 3.63) is 35.4 Å². The molecule has 124 valence electrons. The van der Waals surface area contributed by atoms with E-state index in [0.717, 1.165) is 10.9 Å². The summed E-state index contributed by atoms with van der Waals surface area (Å²) in [5.41, 5.74) is 3.56. The molecule has 0 bridgehead atoms. The Bertz CT molecular complexity index is 1180. The average Bonchev–Trinajstić information content (AvgIpc) is 2.91. The Balaban J connectivity index is 2.16. The summed E-state index contributed by atoms with van der Waals surface area (Å²) in [5.74, 6) is 1.16. The van der Waals surface area contributed by atoms with Crippen LogP contribution in [0.2, 0.25) is 5.02 Å². The number of aromatic nitrogens is 3. The van der Waals surface area contributed by atoms with E-state index >= 15 is 0 Å². The summed E-state index contributed by atoms with van der Waals surface area (Å²) in [6, 6.07) is 11.3. The van der Waals surface area contributed by atoms with Crippen molar-refractivity contribution in [3.8, 4) is 17.6 Å². The van der Waals surface area contributed by atoms with Crippen molar-refractivity contribution in [2.75, 3.05) is 14.2 Å². The first-order valence-electron chi connectivity index (χ1n) is 7.54. The van der Waals surface area contributed by atoms with Crippen molar-refractivity contribution in [2.45, 2.75) is 6.54 Å². The number of rotatable bonds is 3. The van der Waals surface area contributed by atoms with E-state index in [2.05, 4.69) is 6.07 Å². The van der Waals surface area contributed by atoms with Gasteiger partial charge in [0.25, 0.3) is 0 Å². The minimum absolute atomic E-state index is 0.176. The lowest BCUT2D eigenvalue weighted by Crippen LogP contribution is -1.98. The predicted molar refractivity (Wildman–Crippen MR) is 96.3 cm³/mol. The molecule has 6 nitrogen and oxygen atoms in total. The Hall–Kier alpha value is -3.04. The highest BCUT2D eigenvalue weighted by Crippen LogP contribution is 2.34. The third kappa shape index (κ3) is 2.32. The number of benzene rings is 2. The number of fused-ring (bicyclic) bond motifs is 4. The monoisotopic (exact) mass is 352 g/mol. The number of methoxy groups -OCH3 is 2. The zero-order valence-electron chi connectivity index (χ0n) is 13.6. The van der Waals surface area contributed by atoms with Crippen LogP contribution in [0.3, 0.4) is 0 Å². The minimum atomic E-state index is 0.176. The Labute approximate surface area is 148 Å². The topological polar surface area (TPSA) is 73.0 Å². The second kappa shape index (κ2) is 5.80.